The van der Waals surface area contributed by atoms with Gasteiger partial charge in [-0.3, -0.25) is 0 Å². The minimum absolute atomic E-state index is 0.374. The lowest BCUT2D eigenvalue weighted by Crippen LogP contribution is -2.56. The molecular weight excluding hydrogens is 248 g/mol. The van der Waals surface area contributed by atoms with Crippen LogP contribution in [0.2, 0.25) is 0 Å². The fourth-order valence-electron chi connectivity index (χ4n) is 2.76. The Balaban J connectivity index is 2.31. The van der Waals surface area contributed by atoms with Crippen LogP contribution in [0.4, 0.5) is 5.82 Å². The SMILES string of the molecule is CCC1CN(c2cc(C)nc(C(C)C)n2)C(CC)CN1. The van der Waals surface area contributed by atoms with Crippen LogP contribution in [0.3, 0.4) is 0 Å². The molecule has 1 fully saturated rings. The maximum Gasteiger partial charge on any atom is 0.133 e. The molecule has 20 heavy (non-hydrogen) atoms. The third-order valence-electron chi connectivity index (χ3n) is 4.13. The molecule has 1 aliphatic rings. The lowest BCUT2D eigenvalue weighted by molar-refractivity contribution is 0.376. The molecule has 0 radical (unpaired) electrons. The van der Waals surface area contributed by atoms with Crippen LogP contribution < -0.4 is 10.2 Å². The lowest BCUT2D eigenvalue weighted by atomic mass is 10.1. The molecule has 1 N–H and O–H groups in total. The second-order valence-corrected chi connectivity index (χ2v) is 6.11. The molecule has 4 nitrogen and oxygen atoms in total. The van der Waals surface area contributed by atoms with Crippen molar-refractivity contribution >= 4 is 5.82 Å². The van der Waals surface area contributed by atoms with Gasteiger partial charge in [0.25, 0.3) is 0 Å². The minimum atomic E-state index is 0.374. The van der Waals surface area contributed by atoms with Crippen molar-refractivity contribution in [2.24, 2.45) is 0 Å². The number of piperazine rings is 1. The molecule has 2 unspecified atom stereocenters. The number of hydrogen-bond acceptors (Lipinski definition) is 4. The van der Waals surface area contributed by atoms with Crippen LogP contribution in [0.25, 0.3) is 0 Å². The highest BCUT2D eigenvalue weighted by atomic mass is 15.3. The highest BCUT2D eigenvalue weighted by molar-refractivity contribution is 5.42. The summed E-state index contributed by atoms with van der Waals surface area (Å²) in [6.07, 6.45) is 2.30. The van der Waals surface area contributed by atoms with Gasteiger partial charge in [0.05, 0.1) is 0 Å². The van der Waals surface area contributed by atoms with Gasteiger partial charge in [-0.15, -0.1) is 0 Å². The molecule has 2 rings (SSSR count). The molecule has 1 aromatic rings. The molecule has 1 aliphatic heterocycles. The maximum atomic E-state index is 4.81. The van der Waals surface area contributed by atoms with Crippen LogP contribution in [0.15, 0.2) is 6.07 Å². The van der Waals surface area contributed by atoms with Gasteiger partial charge < -0.3 is 10.2 Å². The van der Waals surface area contributed by atoms with E-state index in [0.29, 0.717) is 18.0 Å². The van der Waals surface area contributed by atoms with Crippen LogP contribution in [-0.4, -0.2) is 35.1 Å². The fraction of sp³-hybridized carbons (Fsp3) is 0.750. The van der Waals surface area contributed by atoms with Gasteiger partial charge in [-0.2, -0.15) is 0 Å². The van der Waals surface area contributed by atoms with E-state index in [9.17, 15) is 0 Å². The van der Waals surface area contributed by atoms with E-state index in [2.05, 4.69) is 55.9 Å². The van der Waals surface area contributed by atoms with Gasteiger partial charge in [-0.1, -0.05) is 27.7 Å². The summed E-state index contributed by atoms with van der Waals surface area (Å²) >= 11 is 0. The van der Waals surface area contributed by atoms with Crippen molar-refractivity contribution in [3.63, 3.8) is 0 Å². The van der Waals surface area contributed by atoms with E-state index in [0.717, 1.165) is 43.3 Å². The first-order valence-corrected chi connectivity index (χ1v) is 7.90. The highest BCUT2D eigenvalue weighted by Gasteiger charge is 2.27. The summed E-state index contributed by atoms with van der Waals surface area (Å²) in [5.74, 6) is 2.44. The van der Waals surface area contributed by atoms with Crippen LogP contribution in [0.1, 0.15) is 58.0 Å². The van der Waals surface area contributed by atoms with Gasteiger partial charge in [-0.05, 0) is 19.8 Å². The van der Waals surface area contributed by atoms with Gasteiger partial charge in [0.2, 0.25) is 0 Å². The van der Waals surface area contributed by atoms with E-state index in [-0.39, 0.29) is 0 Å². The van der Waals surface area contributed by atoms with Crippen molar-refractivity contribution in [3.8, 4) is 0 Å². The van der Waals surface area contributed by atoms with Crippen molar-refractivity contribution in [3.05, 3.63) is 17.6 Å². The molecule has 0 aliphatic carbocycles. The topological polar surface area (TPSA) is 41.1 Å². The predicted octanol–water partition coefficient (Wildman–Crippen LogP) is 2.88. The highest BCUT2D eigenvalue weighted by Crippen LogP contribution is 2.22. The maximum absolute atomic E-state index is 4.81. The third kappa shape index (κ3) is 3.29. The third-order valence-corrected chi connectivity index (χ3v) is 4.13. The molecule has 0 amide bonds. The summed E-state index contributed by atoms with van der Waals surface area (Å²) in [5.41, 5.74) is 1.07. The molecule has 2 heterocycles. The Morgan fingerprint density at radius 3 is 2.65 bits per heavy atom. The molecule has 4 heteroatoms. The Morgan fingerprint density at radius 2 is 2.05 bits per heavy atom. The van der Waals surface area contributed by atoms with Crippen molar-refractivity contribution < 1.29 is 0 Å². The van der Waals surface area contributed by atoms with Crippen LogP contribution in [-0.2, 0) is 0 Å². The molecule has 0 bridgehead atoms. The Morgan fingerprint density at radius 1 is 1.30 bits per heavy atom. The van der Waals surface area contributed by atoms with E-state index >= 15 is 0 Å². The standard InChI is InChI=1S/C16H28N4/c1-6-13-10-20(14(7-2)9-17-13)15-8-12(5)18-16(19-15)11(3)4/h8,11,13-14,17H,6-7,9-10H2,1-5H3. The van der Waals surface area contributed by atoms with E-state index in [1.807, 2.05) is 0 Å². The van der Waals surface area contributed by atoms with Gasteiger partial charge in [0.1, 0.15) is 11.6 Å². The molecule has 1 aromatic heterocycles. The zero-order chi connectivity index (χ0) is 14.7. The van der Waals surface area contributed by atoms with E-state index < -0.39 is 0 Å². The lowest BCUT2D eigenvalue weighted by Gasteiger charge is -2.41. The van der Waals surface area contributed by atoms with E-state index in [1.54, 1.807) is 0 Å². The van der Waals surface area contributed by atoms with Gasteiger partial charge in [0, 0.05) is 42.9 Å². The summed E-state index contributed by atoms with van der Waals surface area (Å²) in [7, 11) is 0. The summed E-state index contributed by atoms with van der Waals surface area (Å²) in [6, 6.07) is 3.23. The van der Waals surface area contributed by atoms with Gasteiger partial charge in [-0.25, -0.2) is 9.97 Å². The van der Waals surface area contributed by atoms with Crippen molar-refractivity contribution in [2.45, 2.75) is 65.5 Å². The molecule has 112 valence electrons. The molecular formula is C16H28N4. The van der Waals surface area contributed by atoms with E-state index in [4.69, 9.17) is 4.98 Å². The Kier molecular flexibility index (Phi) is 4.97. The number of nitrogens with zero attached hydrogens (tertiary/aromatic N) is 3. The fourth-order valence-corrected chi connectivity index (χ4v) is 2.76. The molecule has 1 saturated heterocycles. The second kappa shape index (κ2) is 6.53. The largest absolute Gasteiger partial charge is 0.351 e. The van der Waals surface area contributed by atoms with Crippen LogP contribution >= 0.6 is 0 Å². The quantitative estimate of drug-likeness (QED) is 0.918. The number of anilines is 1. The van der Waals surface area contributed by atoms with Crippen molar-refractivity contribution in [2.75, 3.05) is 18.0 Å². The number of nitrogens with one attached hydrogen (secondary N) is 1. The molecule has 0 aromatic carbocycles. The summed E-state index contributed by atoms with van der Waals surface area (Å²) in [6.45, 7) is 13.0. The molecule has 0 saturated carbocycles. The zero-order valence-electron chi connectivity index (χ0n) is 13.5. The average molecular weight is 276 g/mol. The summed E-state index contributed by atoms with van der Waals surface area (Å²) in [4.78, 5) is 11.9. The number of aromatic nitrogens is 2. The Hall–Kier alpha value is -1.16. The number of aryl methyl sites for hydroxylation is 1. The first-order chi connectivity index (χ1) is 9.55. The molecule has 0 spiro atoms. The van der Waals surface area contributed by atoms with Gasteiger partial charge >= 0.3 is 0 Å². The monoisotopic (exact) mass is 276 g/mol. The minimum Gasteiger partial charge on any atom is -0.351 e. The second-order valence-electron chi connectivity index (χ2n) is 6.11. The normalized spacial score (nSPS) is 23.4. The average Bonchev–Trinajstić information content (AvgIpc) is 2.45. The Bertz CT molecular complexity index is 444. The molecule has 2 atom stereocenters. The smallest absolute Gasteiger partial charge is 0.133 e. The van der Waals surface area contributed by atoms with Crippen LogP contribution in [0, 0.1) is 6.92 Å². The Labute approximate surface area is 123 Å². The zero-order valence-corrected chi connectivity index (χ0v) is 13.5. The first kappa shape index (κ1) is 15.2. The van der Waals surface area contributed by atoms with E-state index in [1.165, 1.54) is 0 Å². The summed E-state index contributed by atoms with van der Waals surface area (Å²) < 4.78 is 0. The van der Waals surface area contributed by atoms with Gasteiger partial charge in [0.15, 0.2) is 0 Å². The first-order valence-electron chi connectivity index (χ1n) is 7.90. The summed E-state index contributed by atoms with van der Waals surface area (Å²) in [5, 5.41) is 3.64. The van der Waals surface area contributed by atoms with Crippen molar-refractivity contribution in [1.29, 1.82) is 0 Å². The number of hydrogen-bond donors (Lipinski definition) is 1. The predicted molar refractivity (Wildman–Crippen MR) is 84.4 cm³/mol. The van der Waals surface area contributed by atoms with Crippen LogP contribution in [0.5, 0.6) is 0 Å². The van der Waals surface area contributed by atoms with Crippen molar-refractivity contribution in [1.82, 2.24) is 15.3 Å². The number of rotatable bonds is 4.